The van der Waals surface area contributed by atoms with Crippen molar-refractivity contribution in [1.82, 2.24) is 0 Å². The predicted octanol–water partition coefficient (Wildman–Crippen LogP) is 4.50. The first kappa shape index (κ1) is 16.5. The third-order valence-corrected chi connectivity index (χ3v) is 3.36. The van der Waals surface area contributed by atoms with Crippen LogP contribution in [0.5, 0.6) is 11.5 Å². The highest BCUT2D eigenvalue weighted by Crippen LogP contribution is 2.27. The molecule has 0 aliphatic heterocycles. The Bertz CT molecular complexity index is 662. The summed E-state index contributed by atoms with van der Waals surface area (Å²) in [5, 5.41) is 13.0. The van der Waals surface area contributed by atoms with Gasteiger partial charge in [-0.15, -0.1) is 0 Å². The van der Waals surface area contributed by atoms with E-state index in [2.05, 4.69) is 5.32 Å². The molecule has 0 fully saturated rings. The molecule has 2 N–H and O–H groups in total. The molecule has 0 aromatic heterocycles. The van der Waals surface area contributed by atoms with Crippen molar-refractivity contribution >= 4 is 34.8 Å². The van der Waals surface area contributed by atoms with Crippen LogP contribution in [0.1, 0.15) is 12.8 Å². The molecule has 0 unspecified atom stereocenters. The Labute approximate surface area is 138 Å². The highest BCUT2D eigenvalue weighted by Gasteiger charge is 2.05. The van der Waals surface area contributed by atoms with Gasteiger partial charge in [-0.2, -0.15) is 0 Å². The van der Waals surface area contributed by atoms with Gasteiger partial charge < -0.3 is 15.2 Å². The minimum atomic E-state index is -0.142. The molecule has 0 saturated heterocycles. The van der Waals surface area contributed by atoms with E-state index in [4.69, 9.17) is 27.9 Å². The number of rotatable bonds is 6. The maximum absolute atomic E-state index is 11.8. The number of nitrogens with one attached hydrogen (secondary N) is 1. The minimum Gasteiger partial charge on any atom is -0.508 e. The summed E-state index contributed by atoms with van der Waals surface area (Å²) in [5.41, 5.74) is 0.562. The van der Waals surface area contributed by atoms with Gasteiger partial charge in [-0.1, -0.05) is 29.3 Å². The lowest BCUT2D eigenvalue weighted by molar-refractivity contribution is -0.116. The third-order valence-electron chi connectivity index (χ3n) is 2.83. The fourth-order valence-corrected chi connectivity index (χ4v) is 2.28. The molecule has 2 aromatic rings. The van der Waals surface area contributed by atoms with E-state index >= 15 is 0 Å². The van der Waals surface area contributed by atoms with Crippen LogP contribution in [0.15, 0.2) is 42.5 Å². The minimum absolute atomic E-state index is 0.110. The fourth-order valence-electron chi connectivity index (χ4n) is 1.81. The molecule has 0 heterocycles. The maximum Gasteiger partial charge on any atom is 0.224 e. The standard InChI is InChI=1S/C16H15Cl2NO3/c17-11-6-7-15(14(18)9-11)22-8-2-5-16(21)19-12-3-1-4-13(20)10-12/h1,3-4,6-7,9-10,20H,2,5,8H2,(H,19,21). The van der Waals surface area contributed by atoms with Crippen molar-refractivity contribution in [3.8, 4) is 11.5 Å². The highest BCUT2D eigenvalue weighted by molar-refractivity contribution is 6.35. The van der Waals surface area contributed by atoms with Crippen LogP contribution in [-0.4, -0.2) is 17.6 Å². The van der Waals surface area contributed by atoms with Gasteiger partial charge in [0.05, 0.1) is 11.6 Å². The van der Waals surface area contributed by atoms with Gasteiger partial charge in [-0.25, -0.2) is 0 Å². The lowest BCUT2D eigenvalue weighted by atomic mass is 10.2. The van der Waals surface area contributed by atoms with E-state index in [0.29, 0.717) is 40.9 Å². The number of carbonyl (C=O) groups is 1. The van der Waals surface area contributed by atoms with Crippen molar-refractivity contribution in [2.75, 3.05) is 11.9 Å². The Morgan fingerprint density at radius 3 is 2.73 bits per heavy atom. The maximum atomic E-state index is 11.8. The molecule has 6 heteroatoms. The van der Waals surface area contributed by atoms with Gasteiger partial charge in [0.25, 0.3) is 0 Å². The van der Waals surface area contributed by atoms with E-state index in [1.54, 1.807) is 36.4 Å². The van der Waals surface area contributed by atoms with Crippen LogP contribution in [-0.2, 0) is 4.79 Å². The monoisotopic (exact) mass is 339 g/mol. The van der Waals surface area contributed by atoms with E-state index < -0.39 is 0 Å². The number of amides is 1. The zero-order valence-electron chi connectivity index (χ0n) is 11.7. The third kappa shape index (κ3) is 5.13. The van der Waals surface area contributed by atoms with E-state index in [0.717, 1.165) is 0 Å². The molecule has 0 radical (unpaired) electrons. The van der Waals surface area contributed by atoms with Crippen LogP contribution < -0.4 is 10.1 Å². The van der Waals surface area contributed by atoms with E-state index in [-0.39, 0.29) is 11.7 Å². The normalized spacial score (nSPS) is 10.3. The van der Waals surface area contributed by atoms with Crippen LogP contribution in [0.2, 0.25) is 10.0 Å². The number of ether oxygens (including phenoxy) is 1. The molecule has 4 nitrogen and oxygen atoms in total. The molecule has 22 heavy (non-hydrogen) atoms. The molecule has 0 aliphatic carbocycles. The van der Waals surface area contributed by atoms with Gasteiger partial charge in [0.15, 0.2) is 0 Å². The summed E-state index contributed by atoms with van der Waals surface area (Å²) in [4.78, 5) is 11.8. The Hall–Kier alpha value is -1.91. The molecule has 2 rings (SSSR count). The summed E-state index contributed by atoms with van der Waals surface area (Å²) in [6.07, 6.45) is 0.852. The van der Waals surface area contributed by atoms with Gasteiger partial charge >= 0.3 is 0 Å². The van der Waals surface area contributed by atoms with Gasteiger partial charge in [-0.3, -0.25) is 4.79 Å². The van der Waals surface area contributed by atoms with E-state index in [9.17, 15) is 9.90 Å². The smallest absolute Gasteiger partial charge is 0.224 e. The molecular formula is C16H15Cl2NO3. The average molecular weight is 340 g/mol. The van der Waals surface area contributed by atoms with Crippen molar-refractivity contribution in [3.63, 3.8) is 0 Å². The van der Waals surface area contributed by atoms with Crippen LogP contribution >= 0.6 is 23.2 Å². The van der Waals surface area contributed by atoms with Gasteiger partial charge in [0.1, 0.15) is 11.5 Å². The molecule has 0 aliphatic rings. The molecule has 2 aromatic carbocycles. The summed E-state index contributed by atoms with van der Waals surface area (Å²) in [6.45, 7) is 0.370. The topological polar surface area (TPSA) is 58.6 Å². The molecule has 0 atom stereocenters. The number of halogens is 2. The number of hydrogen-bond acceptors (Lipinski definition) is 3. The summed E-state index contributed by atoms with van der Waals surface area (Å²) >= 11 is 11.8. The summed E-state index contributed by atoms with van der Waals surface area (Å²) in [5.74, 6) is 0.509. The zero-order chi connectivity index (χ0) is 15.9. The summed E-state index contributed by atoms with van der Waals surface area (Å²) in [7, 11) is 0. The number of phenols is 1. The van der Waals surface area contributed by atoms with Crippen molar-refractivity contribution < 1.29 is 14.6 Å². The fraction of sp³-hybridized carbons (Fsp3) is 0.188. The van der Waals surface area contributed by atoms with Gasteiger partial charge in [0, 0.05) is 23.2 Å². The molecule has 116 valence electrons. The van der Waals surface area contributed by atoms with Crippen LogP contribution in [0.3, 0.4) is 0 Å². The molecule has 0 spiro atoms. The van der Waals surface area contributed by atoms with Crippen molar-refractivity contribution in [2.24, 2.45) is 0 Å². The Morgan fingerprint density at radius 2 is 2.00 bits per heavy atom. The van der Waals surface area contributed by atoms with Crippen LogP contribution in [0.25, 0.3) is 0 Å². The second-order valence-electron chi connectivity index (χ2n) is 4.63. The number of hydrogen-bond donors (Lipinski definition) is 2. The second-order valence-corrected chi connectivity index (χ2v) is 5.47. The largest absolute Gasteiger partial charge is 0.508 e. The summed E-state index contributed by atoms with van der Waals surface area (Å²) < 4.78 is 5.50. The van der Waals surface area contributed by atoms with Crippen LogP contribution in [0, 0.1) is 0 Å². The first-order valence-electron chi connectivity index (χ1n) is 6.71. The van der Waals surface area contributed by atoms with Gasteiger partial charge in [0.2, 0.25) is 5.91 Å². The lowest BCUT2D eigenvalue weighted by Crippen LogP contribution is -2.12. The molecule has 1 amide bonds. The highest BCUT2D eigenvalue weighted by atomic mass is 35.5. The Morgan fingerprint density at radius 1 is 1.18 bits per heavy atom. The molecule has 0 bridgehead atoms. The Kier molecular flexibility index (Phi) is 5.92. The van der Waals surface area contributed by atoms with Crippen molar-refractivity contribution in [2.45, 2.75) is 12.8 Å². The van der Waals surface area contributed by atoms with Crippen molar-refractivity contribution in [3.05, 3.63) is 52.5 Å². The molecular weight excluding hydrogens is 325 g/mol. The zero-order valence-corrected chi connectivity index (χ0v) is 13.2. The quantitative estimate of drug-likeness (QED) is 0.762. The second kappa shape index (κ2) is 7.92. The number of benzene rings is 2. The number of carbonyl (C=O) groups excluding carboxylic acids is 1. The predicted molar refractivity (Wildman–Crippen MR) is 87.9 cm³/mol. The lowest BCUT2D eigenvalue weighted by Gasteiger charge is -2.08. The van der Waals surface area contributed by atoms with Crippen LogP contribution in [0.4, 0.5) is 5.69 Å². The summed E-state index contributed by atoms with van der Waals surface area (Å²) in [6, 6.07) is 11.4. The Balaban J connectivity index is 1.73. The number of aromatic hydroxyl groups is 1. The first-order chi connectivity index (χ1) is 10.5. The van der Waals surface area contributed by atoms with Crippen molar-refractivity contribution in [1.29, 1.82) is 0 Å². The number of anilines is 1. The number of phenolic OH excluding ortho intramolecular Hbond substituents is 1. The SMILES string of the molecule is O=C(CCCOc1ccc(Cl)cc1Cl)Nc1cccc(O)c1. The first-order valence-corrected chi connectivity index (χ1v) is 7.47. The van der Waals surface area contributed by atoms with Gasteiger partial charge in [-0.05, 0) is 36.8 Å². The van der Waals surface area contributed by atoms with E-state index in [1.807, 2.05) is 0 Å². The molecule has 0 saturated carbocycles. The van der Waals surface area contributed by atoms with E-state index in [1.165, 1.54) is 6.07 Å². The average Bonchev–Trinajstić information content (AvgIpc) is 2.45.